The molecule has 0 atom stereocenters. The number of Topliss-reactive ketones (excluding diaryl/α,β-unsaturated/α-hetero) is 1. The van der Waals surface area contributed by atoms with Crippen LogP contribution in [0.2, 0.25) is 0 Å². The molecular formula is C13H18O2. The number of ketones is 1. The Balaban J connectivity index is 3.33. The van der Waals surface area contributed by atoms with E-state index in [1.807, 2.05) is 32.9 Å². The third kappa shape index (κ3) is 2.45. The lowest BCUT2D eigenvalue weighted by Gasteiger charge is -2.19. The molecule has 0 amide bonds. The van der Waals surface area contributed by atoms with Crippen molar-refractivity contribution in [1.82, 2.24) is 0 Å². The van der Waals surface area contributed by atoms with E-state index in [4.69, 9.17) is 0 Å². The molecule has 15 heavy (non-hydrogen) atoms. The van der Waals surface area contributed by atoms with Crippen molar-refractivity contribution in [3.63, 3.8) is 0 Å². The maximum atomic E-state index is 12.0. The van der Waals surface area contributed by atoms with Crippen molar-refractivity contribution >= 4 is 5.78 Å². The van der Waals surface area contributed by atoms with Crippen molar-refractivity contribution < 1.29 is 9.90 Å². The van der Waals surface area contributed by atoms with Gasteiger partial charge in [0.1, 0.15) is 5.60 Å². The second-order valence-corrected chi connectivity index (χ2v) is 4.66. The second-order valence-electron chi connectivity index (χ2n) is 4.66. The first-order valence-corrected chi connectivity index (χ1v) is 5.08. The van der Waals surface area contributed by atoms with E-state index in [2.05, 4.69) is 0 Å². The molecule has 2 heteroatoms. The molecule has 82 valence electrons. The fraction of sp³-hybridized carbons (Fsp3) is 0.462. The van der Waals surface area contributed by atoms with Gasteiger partial charge in [-0.1, -0.05) is 17.7 Å². The van der Waals surface area contributed by atoms with Gasteiger partial charge >= 0.3 is 0 Å². The van der Waals surface area contributed by atoms with Gasteiger partial charge in [0.15, 0.2) is 5.78 Å². The van der Waals surface area contributed by atoms with Crippen LogP contribution in [0, 0.1) is 20.8 Å². The SMILES string of the molecule is Cc1cc(C)c(C(=O)C(C)(C)O)c(C)c1. The van der Waals surface area contributed by atoms with Gasteiger partial charge in [0, 0.05) is 5.56 Å². The van der Waals surface area contributed by atoms with Crippen LogP contribution in [-0.2, 0) is 0 Å². The quantitative estimate of drug-likeness (QED) is 0.755. The molecule has 0 aliphatic carbocycles. The summed E-state index contributed by atoms with van der Waals surface area (Å²) in [6.45, 7) is 8.85. The van der Waals surface area contributed by atoms with E-state index in [0.717, 1.165) is 16.7 Å². The van der Waals surface area contributed by atoms with Gasteiger partial charge in [0.25, 0.3) is 0 Å². The Labute approximate surface area is 90.9 Å². The zero-order valence-corrected chi connectivity index (χ0v) is 10.0. The van der Waals surface area contributed by atoms with Gasteiger partial charge in [-0.15, -0.1) is 0 Å². The number of carbonyl (C=O) groups excluding carboxylic acids is 1. The molecule has 0 saturated carbocycles. The van der Waals surface area contributed by atoms with E-state index < -0.39 is 5.60 Å². The molecule has 1 aromatic rings. The van der Waals surface area contributed by atoms with Gasteiger partial charge in [0.2, 0.25) is 0 Å². The third-order valence-corrected chi connectivity index (χ3v) is 2.46. The van der Waals surface area contributed by atoms with Gasteiger partial charge < -0.3 is 5.11 Å². The number of hydrogen-bond donors (Lipinski definition) is 1. The summed E-state index contributed by atoms with van der Waals surface area (Å²) in [6.07, 6.45) is 0. The van der Waals surface area contributed by atoms with Crippen LogP contribution in [0.4, 0.5) is 0 Å². The maximum Gasteiger partial charge on any atom is 0.194 e. The highest BCUT2D eigenvalue weighted by Gasteiger charge is 2.27. The Hall–Kier alpha value is -1.15. The molecule has 0 aliphatic rings. The minimum absolute atomic E-state index is 0.211. The van der Waals surface area contributed by atoms with E-state index in [9.17, 15) is 9.90 Å². The van der Waals surface area contributed by atoms with Crippen LogP contribution < -0.4 is 0 Å². The fourth-order valence-electron chi connectivity index (χ4n) is 1.84. The molecule has 0 spiro atoms. The van der Waals surface area contributed by atoms with Crippen LogP contribution in [0.5, 0.6) is 0 Å². The summed E-state index contributed by atoms with van der Waals surface area (Å²) in [5.74, 6) is -0.211. The number of hydrogen-bond acceptors (Lipinski definition) is 2. The van der Waals surface area contributed by atoms with Gasteiger partial charge in [-0.2, -0.15) is 0 Å². The van der Waals surface area contributed by atoms with E-state index in [-0.39, 0.29) is 5.78 Å². The number of aliphatic hydroxyl groups is 1. The molecular weight excluding hydrogens is 188 g/mol. The number of benzene rings is 1. The molecule has 0 fully saturated rings. The summed E-state index contributed by atoms with van der Waals surface area (Å²) >= 11 is 0. The predicted molar refractivity (Wildman–Crippen MR) is 61.3 cm³/mol. The zero-order chi connectivity index (χ0) is 11.8. The largest absolute Gasteiger partial charge is 0.382 e. The van der Waals surface area contributed by atoms with Crippen molar-refractivity contribution in [3.05, 3.63) is 34.4 Å². The van der Waals surface area contributed by atoms with E-state index in [1.165, 1.54) is 13.8 Å². The zero-order valence-electron chi connectivity index (χ0n) is 10.0. The molecule has 2 nitrogen and oxygen atoms in total. The van der Waals surface area contributed by atoms with Gasteiger partial charge in [-0.05, 0) is 45.7 Å². The van der Waals surface area contributed by atoms with Crippen molar-refractivity contribution in [2.45, 2.75) is 40.2 Å². The molecule has 0 heterocycles. The van der Waals surface area contributed by atoms with Gasteiger partial charge in [-0.3, -0.25) is 4.79 Å². The summed E-state index contributed by atoms with van der Waals surface area (Å²) in [5.41, 5.74) is 2.34. The highest BCUT2D eigenvalue weighted by Crippen LogP contribution is 2.21. The van der Waals surface area contributed by atoms with Crippen molar-refractivity contribution in [2.24, 2.45) is 0 Å². The van der Waals surface area contributed by atoms with Crippen LogP contribution in [-0.4, -0.2) is 16.5 Å². The molecule has 1 N–H and O–H groups in total. The summed E-state index contributed by atoms with van der Waals surface area (Å²) in [6, 6.07) is 3.93. The standard InChI is InChI=1S/C13H18O2/c1-8-6-9(2)11(10(3)7-8)12(14)13(4,5)15/h6-7,15H,1-5H3. The van der Waals surface area contributed by atoms with Crippen molar-refractivity contribution in [2.75, 3.05) is 0 Å². The molecule has 0 aromatic heterocycles. The Morgan fingerprint density at radius 2 is 1.53 bits per heavy atom. The summed E-state index contributed by atoms with van der Waals surface area (Å²) in [5, 5.41) is 9.71. The number of carbonyl (C=O) groups is 1. The Kier molecular flexibility index (Phi) is 3.00. The molecule has 1 rings (SSSR count). The normalized spacial score (nSPS) is 11.6. The van der Waals surface area contributed by atoms with Crippen molar-refractivity contribution in [1.29, 1.82) is 0 Å². The lowest BCUT2D eigenvalue weighted by atomic mass is 9.89. The van der Waals surface area contributed by atoms with Crippen LogP contribution >= 0.6 is 0 Å². The van der Waals surface area contributed by atoms with Crippen LogP contribution in [0.1, 0.15) is 40.9 Å². The predicted octanol–water partition coefficient (Wildman–Crippen LogP) is 2.57. The average Bonchev–Trinajstić information content (AvgIpc) is 1.99. The van der Waals surface area contributed by atoms with Crippen molar-refractivity contribution in [3.8, 4) is 0 Å². The Morgan fingerprint density at radius 1 is 1.13 bits per heavy atom. The van der Waals surface area contributed by atoms with Crippen LogP contribution in [0.3, 0.4) is 0 Å². The minimum Gasteiger partial charge on any atom is -0.382 e. The lowest BCUT2D eigenvalue weighted by Crippen LogP contribution is -2.32. The van der Waals surface area contributed by atoms with Crippen LogP contribution in [0.25, 0.3) is 0 Å². The Bertz CT molecular complexity index is 374. The minimum atomic E-state index is -1.30. The molecule has 1 aromatic carbocycles. The molecule has 0 unspecified atom stereocenters. The first-order valence-electron chi connectivity index (χ1n) is 5.08. The summed E-state index contributed by atoms with van der Waals surface area (Å²) in [7, 11) is 0. The fourth-order valence-corrected chi connectivity index (χ4v) is 1.84. The highest BCUT2D eigenvalue weighted by atomic mass is 16.3. The van der Waals surface area contributed by atoms with E-state index in [0.29, 0.717) is 5.56 Å². The molecule has 0 saturated heterocycles. The Morgan fingerprint density at radius 3 is 1.87 bits per heavy atom. The molecule has 0 radical (unpaired) electrons. The monoisotopic (exact) mass is 206 g/mol. The molecule has 0 bridgehead atoms. The first kappa shape index (κ1) is 11.9. The average molecular weight is 206 g/mol. The van der Waals surface area contributed by atoms with Gasteiger partial charge in [-0.25, -0.2) is 0 Å². The highest BCUT2D eigenvalue weighted by molar-refractivity contribution is 6.04. The lowest BCUT2D eigenvalue weighted by molar-refractivity contribution is 0.0486. The smallest absolute Gasteiger partial charge is 0.194 e. The number of aryl methyl sites for hydroxylation is 3. The molecule has 0 aliphatic heterocycles. The van der Waals surface area contributed by atoms with Gasteiger partial charge in [0.05, 0.1) is 0 Å². The summed E-state index contributed by atoms with van der Waals surface area (Å²) < 4.78 is 0. The number of rotatable bonds is 2. The third-order valence-electron chi connectivity index (χ3n) is 2.46. The summed E-state index contributed by atoms with van der Waals surface area (Å²) in [4.78, 5) is 12.0. The van der Waals surface area contributed by atoms with E-state index >= 15 is 0 Å². The van der Waals surface area contributed by atoms with E-state index in [1.54, 1.807) is 0 Å². The topological polar surface area (TPSA) is 37.3 Å². The maximum absolute atomic E-state index is 12.0. The van der Waals surface area contributed by atoms with Crippen LogP contribution in [0.15, 0.2) is 12.1 Å². The second kappa shape index (κ2) is 3.78. The first-order chi connectivity index (χ1) is 6.73.